The summed E-state index contributed by atoms with van der Waals surface area (Å²) in [5.74, 6) is -1.92. The molecule has 1 fully saturated rings. The molecule has 0 aliphatic heterocycles. The molecule has 2 heterocycles. The standard InChI is InChI=1S/C19H22N2O5S/c1-11-10-15(21-17(22)14-8-5-9-26-14)27-16(11)18(23)20-13-7-4-2-3-6-12(13)19(24)25/h5,8-10,12-13H,2-4,6-7H2,1H3,(H,20,23)(H,21,22)(H,24,25)/t12-,13+/m1/s1. The molecule has 0 bridgehead atoms. The molecule has 0 radical (unpaired) electrons. The Morgan fingerprint density at radius 1 is 1.19 bits per heavy atom. The molecular formula is C19H22N2O5S. The summed E-state index contributed by atoms with van der Waals surface area (Å²) in [5, 5.41) is 15.6. The van der Waals surface area contributed by atoms with E-state index in [4.69, 9.17) is 4.42 Å². The zero-order chi connectivity index (χ0) is 19.4. The molecule has 7 nitrogen and oxygen atoms in total. The first kappa shape index (κ1) is 19.2. The molecule has 3 rings (SSSR count). The second-order valence-electron chi connectivity index (χ2n) is 6.72. The fourth-order valence-electron chi connectivity index (χ4n) is 3.36. The van der Waals surface area contributed by atoms with Crippen LogP contribution in [0.15, 0.2) is 28.9 Å². The fraction of sp³-hybridized carbons (Fsp3) is 0.421. The van der Waals surface area contributed by atoms with Gasteiger partial charge >= 0.3 is 5.97 Å². The fourth-order valence-corrected chi connectivity index (χ4v) is 4.33. The van der Waals surface area contributed by atoms with Gasteiger partial charge in [0.05, 0.1) is 22.1 Å². The van der Waals surface area contributed by atoms with Gasteiger partial charge in [-0.25, -0.2) is 0 Å². The summed E-state index contributed by atoms with van der Waals surface area (Å²) in [5.41, 5.74) is 0.729. The van der Waals surface area contributed by atoms with Crippen molar-refractivity contribution >= 4 is 34.1 Å². The smallest absolute Gasteiger partial charge is 0.308 e. The first-order valence-electron chi connectivity index (χ1n) is 8.94. The molecule has 1 aliphatic carbocycles. The van der Waals surface area contributed by atoms with Crippen LogP contribution in [0.2, 0.25) is 0 Å². The van der Waals surface area contributed by atoms with E-state index in [1.807, 2.05) is 0 Å². The van der Waals surface area contributed by atoms with Crippen molar-refractivity contribution in [2.45, 2.75) is 45.1 Å². The normalized spacial score (nSPS) is 19.9. The Labute approximate surface area is 160 Å². The number of aliphatic carboxylic acids is 1. The Balaban J connectivity index is 1.70. The maximum atomic E-state index is 12.7. The van der Waals surface area contributed by atoms with E-state index < -0.39 is 11.9 Å². The molecule has 2 aromatic heterocycles. The highest BCUT2D eigenvalue weighted by Crippen LogP contribution is 2.29. The Morgan fingerprint density at radius 2 is 1.96 bits per heavy atom. The van der Waals surface area contributed by atoms with Gasteiger partial charge in [0.25, 0.3) is 11.8 Å². The average Bonchev–Trinajstić information content (AvgIpc) is 3.21. The number of amides is 2. The first-order chi connectivity index (χ1) is 13.0. The largest absolute Gasteiger partial charge is 0.481 e. The Hall–Kier alpha value is -2.61. The number of carboxylic acids is 1. The molecule has 27 heavy (non-hydrogen) atoms. The van der Waals surface area contributed by atoms with Crippen molar-refractivity contribution in [1.82, 2.24) is 5.32 Å². The third-order valence-electron chi connectivity index (χ3n) is 4.76. The van der Waals surface area contributed by atoms with Crippen LogP contribution < -0.4 is 10.6 Å². The molecular weight excluding hydrogens is 368 g/mol. The van der Waals surface area contributed by atoms with E-state index in [0.29, 0.717) is 22.7 Å². The second kappa shape index (κ2) is 8.39. The third kappa shape index (κ3) is 4.57. The highest BCUT2D eigenvalue weighted by Gasteiger charge is 2.31. The van der Waals surface area contributed by atoms with Crippen LogP contribution in [0.1, 0.15) is 57.9 Å². The minimum atomic E-state index is -0.864. The number of hydrogen-bond acceptors (Lipinski definition) is 5. The molecule has 3 N–H and O–H groups in total. The molecule has 1 aliphatic rings. The monoisotopic (exact) mass is 390 g/mol. The van der Waals surface area contributed by atoms with Gasteiger partial charge in [0.15, 0.2) is 5.76 Å². The van der Waals surface area contributed by atoms with E-state index in [0.717, 1.165) is 36.2 Å². The van der Waals surface area contributed by atoms with E-state index in [1.54, 1.807) is 25.1 Å². The van der Waals surface area contributed by atoms with Crippen LogP contribution in [0.5, 0.6) is 0 Å². The van der Waals surface area contributed by atoms with Crippen molar-refractivity contribution in [3.05, 3.63) is 40.7 Å². The number of thiophene rings is 1. The van der Waals surface area contributed by atoms with Gasteiger partial charge < -0.3 is 20.2 Å². The maximum Gasteiger partial charge on any atom is 0.308 e. The molecule has 1 saturated carbocycles. The highest BCUT2D eigenvalue weighted by molar-refractivity contribution is 7.18. The summed E-state index contributed by atoms with van der Waals surface area (Å²) in [7, 11) is 0. The summed E-state index contributed by atoms with van der Waals surface area (Å²) in [6.07, 6.45) is 5.41. The van der Waals surface area contributed by atoms with Crippen LogP contribution in [0.25, 0.3) is 0 Å². The number of anilines is 1. The van der Waals surface area contributed by atoms with Crippen molar-refractivity contribution in [3.63, 3.8) is 0 Å². The summed E-state index contributed by atoms with van der Waals surface area (Å²) in [6, 6.07) is 4.53. The third-order valence-corrected chi connectivity index (χ3v) is 5.91. The zero-order valence-corrected chi connectivity index (χ0v) is 15.8. The number of hydrogen-bond donors (Lipinski definition) is 3. The van der Waals surface area contributed by atoms with Crippen LogP contribution in [-0.4, -0.2) is 28.9 Å². The molecule has 8 heteroatoms. The van der Waals surface area contributed by atoms with Gasteiger partial charge in [-0.3, -0.25) is 14.4 Å². The predicted octanol–water partition coefficient (Wildman–Crippen LogP) is 3.67. The summed E-state index contributed by atoms with van der Waals surface area (Å²) in [6.45, 7) is 1.79. The van der Waals surface area contributed by atoms with E-state index in [1.165, 1.54) is 6.26 Å². The van der Waals surface area contributed by atoms with Crippen LogP contribution in [-0.2, 0) is 4.79 Å². The molecule has 0 spiro atoms. The average molecular weight is 390 g/mol. The van der Waals surface area contributed by atoms with E-state index >= 15 is 0 Å². The number of carbonyl (C=O) groups is 3. The van der Waals surface area contributed by atoms with Gasteiger partial charge in [-0.2, -0.15) is 0 Å². The van der Waals surface area contributed by atoms with Gasteiger partial charge in [0, 0.05) is 6.04 Å². The summed E-state index contributed by atoms with van der Waals surface area (Å²) < 4.78 is 5.06. The van der Waals surface area contributed by atoms with Gasteiger partial charge in [-0.1, -0.05) is 19.3 Å². The maximum absolute atomic E-state index is 12.7. The minimum Gasteiger partial charge on any atom is -0.481 e. The van der Waals surface area contributed by atoms with Crippen molar-refractivity contribution < 1.29 is 23.9 Å². The van der Waals surface area contributed by atoms with Crippen LogP contribution >= 0.6 is 11.3 Å². The lowest BCUT2D eigenvalue weighted by Gasteiger charge is -2.22. The number of carbonyl (C=O) groups excluding carboxylic acids is 2. The Bertz CT molecular complexity index is 827. The van der Waals surface area contributed by atoms with Crippen molar-refractivity contribution in [2.24, 2.45) is 5.92 Å². The lowest BCUT2D eigenvalue weighted by molar-refractivity contribution is -0.142. The minimum absolute atomic E-state index is 0.190. The highest BCUT2D eigenvalue weighted by atomic mass is 32.1. The van der Waals surface area contributed by atoms with Gasteiger partial charge in [0.2, 0.25) is 0 Å². The molecule has 2 amide bonds. The Kier molecular flexibility index (Phi) is 5.95. The van der Waals surface area contributed by atoms with E-state index in [2.05, 4.69) is 10.6 Å². The zero-order valence-electron chi connectivity index (χ0n) is 15.0. The van der Waals surface area contributed by atoms with Gasteiger partial charge in [-0.05, 0) is 43.5 Å². The van der Waals surface area contributed by atoms with E-state index in [-0.39, 0.29) is 23.6 Å². The van der Waals surface area contributed by atoms with Crippen molar-refractivity contribution in [3.8, 4) is 0 Å². The number of carboxylic acid groups (broad SMARTS) is 1. The molecule has 144 valence electrons. The molecule has 0 saturated heterocycles. The number of furan rings is 1. The quantitative estimate of drug-likeness (QED) is 0.675. The topological polar surface area (TPSA) is 109 Å². The van der Waals surface area contributed by atoms with Gasteiger partial charge in [0.1, 0.15) is 0 Å². The molecule has 2 atom stereocenters. The van der Waals surface area contributed by atoms with Crippen LogP contribution in [0.3, 0.4) is 0 Å². The number of rotatable bonds is 5. The van der Waals surface area contributed by atoms with Crippen molar-refractivity contribution in [2.75, 3.05) is 5.32 Å². The lowest BCUT2D eigenvalue weighted by Crippen LogP contribution is -2.42. The lowest BCUT2D eigenvalue weighted by atomic mass is 9.95. The predicted molar refractivity (Wildman–Crippen MR) is 101 cm³/mol. The first-order valence-corrected chi connectivity index (χ1v) is 9.76. The molecule has 0 aromatic carbocycles. The van der Waals surface area contributed by atoms with Gasteiger partial charge in [-0.15, -0.1) is 11.3 Å². The van der Waals surface area contributed by atoms with Crippen LogP contribution in [0, 0.1) is 12.8 Å². The Morgan fingerprint density at radius 3 is 2.67 bits per heavy atom. The van der Waals surface area contributed by atoms with Crippen molar-refractivity contribution in [1.29, 1.82) is 0 Å². The van der Waals surface area contributed by atoms with Crippen LogP contribution in [0.4, 0.5) is 5.00 Å². The molecule has 2 aromatic rings. The number of nitrogens with one attached hydrogen (secondary N) is 2. The second-order valence-corrected chi connectivity index (χ2v) is 7.77. The summed E-state index contributed by atoms with van der Waals surface area (Å²) >= 11 is 1.16. The van der Waals surface area contributed by atoms with E-state index in [9.17, 15) is 19.5 Å². The molecule has 0 unspecified atom stereocenters. The number of aryl methyl sites for hydroxylation is 1. The SMILES string of the molecule is Cc1cc(NC(=O)c2ccco2)sc1C(=O)N[C@H]1CCCCC[C@H]1C(=O)O. The summed E-state index contributed by atoms with van der Waals surface area (Å²) in [4.78, 5) is 36.8.